The van der Waals surface area contributed by atoms with E-state index >= 15 is 0 Å². The highest BCUT2D eigenvalue weighted by molar-refractivity contribution is 5.77. The fourth-order valence-electron chi connectivity index (χ4n) is 3.32. The molecule has 0 radical (unpaired) electrons. The van der Waals surface area contributed by atoms with E-state index in [9.17, 15) is 18.0 Å². The lowest BCUT2D eigenvalue weighted by molar-refractivity contribution is -0.139. The monoisotopic (exact) mass is 342 g/mol. The van der Waals surface area contributed by atoms with Gasteiger partial charge in [0.2, 0.25) is 5.91 Å². The Morgan fingerprint density at radius 1 is 1.29 bits per heavy atom. The number of amides is 1. The Bertz CT molecular complexity index is 572. The molecule has 1 amide bonds. The maximum atomic E-state index is 13.1. The van der Waals surface area contributed by atoms with Crippen molar-refractivity contribution >= 4 is 5.91 Å². The Labute approximate surface area is 141 Å². The van der Waals surface area contributed by atoms with Crippen LogP contribution >= 0.6 is 0 Å². The number of hydrogen-bond acceptors (Lipinski definition) is 2. The smallest absolute Gasteiger partial charge is 0.340 e. The molecule has 1 heterocycles. The molecule has 0 spiro atoms. The van der Waals surface area contributed by atoms with E-state index in [2.05, 4.69) is 0 Å². The van der Waals surface area contributed by atoms with Gasteiger partial charge in [-0.3, -0.25) is 4.79 Å². The fraction of sp³-hybridized carbons (Fsp3) is 0.611. The van der Waals surface area contributed by atoms with Crippen molar-refractivity contribution in [2.45, 2.75) is 45.5 Å². The Morgan fingerprint density at radius 2 is 1.96 bits per heavy atom. The molecule has 1 aliphatic heterocycles. The van der Waals surface area contributed by atoms with Crippen molar-refractivity contribution in [2.24, 2.45) is 5.92 Å². The van der Waals surface area contributed by atoms with Crippen LogP contribution in [0.15, 0.2) is 24.3 Å². The van der Waals surface area contributed by atoms with Crippen LogP contribution in [0.3, 0.4) is 0 Å². The van der Waals surface area contributed by atoms with Gasteiger partial charge >= 0.3 is 6.18 Å². The number of nitrogens with zero attached hydrogens (tertiary/aromatic N) is 2. The van der Waals surface area contributed by atoms with Gasteiger partial charge < -0.3 is 9.80 Å². The molecule has 0 saturated carbocycles. The lowest BCUT2D eigenvalue weighted by Gasteiger charge is -2.37. The highest BCUT2D eigenvalue weighted by Crippen LogP contribution is 2.32. The van der Waals surface area contributed by atoms with Crippen molar-refractivity contribution in [1.29, 1.82) is 0 Å². The summed E-state index contributed by atoms with van der Waals surface area (Å²) < 4.78 is 39.2. The molecule has 1 saturated heterocycles. The number of carbonyl (C=O) groups is 1. The summed E-state index contributed by atoms with van der Waals surface area (Å²) in [5.74, 6) is 0.472. The second-order valence-corrected chi connectivity index (χ2v) is 6.90. The average Bonchev–Trinajstić information content (AvgIpc) is 2.48. The molecule has 1 unspecified atom stereocenters. The van der Waals surface area contributed by atoms with Crippen molar-refractivity contribution in [3.05, 3.63) is 35.4 Å². The second kappa shape index (κ2) is 7.55. The zero-order chi connectivity index (χ0) is 17.9. The largest absolute Gasteiger partial charge is 0.416 e. The molecular weight excluding hydrogens is 317 g/mol. The zero-order valence-electron chi connectivity index (χ0n) is 14.4. The number of likely N-dealkylation sites (tertiary alicyclic amines) is 1. The van der Waals surface area contributed by atoms with E-state index in [0.29, 0.717) is 31.0 Å². The van der Waals surface area contributed by atoms with Gasteiger partial charge in [0.05, 0.1) is 5.56 Å². The first-order valence-electron chi connectivity index (χ1n) is 8.31. The summed E-state index contributed by atoms with van der Waals surface area (Å²) in [4.78, 5) is 15.7. The van der Waals surface area contributed by atoms with Gasteiger partial charge in [-0.1, -0.05) is 18.2 Å². The van der Waals surface area contributed by atoms with Gasteiger partial charge in [-0.05, 0) is 44.9 Å². The molecule has 1 fully saturated rings. The molecule has 0 N–H and O–H groups in total. The van der Waals surface area contributed by atoms with Crippen LogP contribution in [0.25, 0.3) is 0 Å². The zero-order valence-corrected chi connectivity index (χ0v) is 14.4. The van der Waals surface area contributed by atoms with Gasteiger partial charge in [0, 0.05) is 32.1 Å². The summed E-state index contributed by atoms with van der Waals surface area (Å²) in [5.41, 5.74) is -0.278. The minimum absolute atomic E-state index is 0.163. The molecule has 0 bridgehead atoms. The molecule has 1 aromatic rings. The lowest BCUT2D eigenvalue weighted by atomic mass is 9.95. The number of benzene rings is 1. The molecule has 1 aromatic carbocycles. The van der Waals surface area contributed by atoms with E-state index in [1.807, 2.05) is 30.7 Å². The fourth-order valence-corrected chi connectivity index (χ4v) is 3.32. The molecule has 2 rings (SSSR count). The van der Waals surface area contributed by atoms with E-state index < -0.39 is 11.7 Å². The first-order chi connectivity index (χ1) is 11.2. The maximum Gasteiger partial charge on any atom is 0.416 e. The topological polar surface area (TPSA) is 23.6 Å². The van der Waals surface area contributed by atoms with E-state index in [-0.39, 0.29) is 18.5 Å². The second-order valence-electron chi connectivity index (χ2n) is 6.90. The Morgan fingerprint density at radius 3 is 2.58 bits per heavy atom. The highest BCUT2D eigenvalue weighted by atomic mass is 19.4. The molecular formula is C18H25F3N2O. The molecule has 0 aliphatic carbocycles. The molecule has 6 heteroatoms. The van der Waals surface area contributed by atoms with Gasteiger partial charge in [-0.15, -0.1) is 0 Å². The molecule has 3 nitrogen and oxygen atoms in total. The van der Waals surface area contributed by atoms with Crippen molar-refractivity contribution in [2.75, 3.05) is 20.1 Å². The van der Waals surface area contributed by atoms with Gasteiger partial charge in [-0.25, -0.2) is 0 Å². The van der Waals surface area contributed by atoms with E-state index in [1.165, 1.54) is 12.1 Å². The van der Waals surface area contributed by atoms with Gasteiger partial charge in [-0.2, -0.15) is 13.2 Å². The predicted octanol–water partition coefficient (Wildman–Crippen LogP) is 3.78. The standard InChI is InChI=1S/C18H25F3N2O/c1-13(2)23-11-14(8-9-17(23)24)10-22(3)12-15-6-4-5-7-16(15)18(19,20)21/h4-7,13-14H,8-12H2,1-3H3. The first kappa shape index (κ1) is 18.8. The average molecular weight is 342 g/mol. The number of carbonyl (C=O) groups excluding carboxylic acids is 1. The normalized spacial score (nSPS) is 19.4. The number of rotatable bonds is 5. The van der Waals surface area contributed by atoms with Crippen LogP contribution in [-0.2, 0) is 17.5 Å². The van der Waals surface area contributed by atoms with Crippen molar-refractivity contribution in [3.8, 4) is 0 Å². The van der Waals surface area contributed by atoms with Crippen molar-refractivity contribution < 1.29 is 18.0 Å². The quantitative estimate of drug-likeness (QED) is 0.813. The number of alkyl halides is 3. The lowest BCUT2D eigenvalue weighted by Crippen LogP contribution is -2.46. The van der Waals surface area contributed by atoms with Crippen molar-refractivity contribution in [1.82, 2.24) is 9.80 Å². The Hall–Kier alpha value is -1.56. The third-order valence-corrected chi connectivity index (χ3v) is 4.50. The number of piperidine rings is 1. The highest BCUT2D eigenvalue weighted by Gasteiger charge is 2.33. The van der Waals surface area contributed by atoms with Crippen LogP contribution in [0, 0.1) is 5.92 Å². The van der Waals surface area contributed by atoms with Crippen LogP contribution in [0.4, 0.5) is 13.2 Å². The summed E-state index contributed by atoms with van der Waals surface area (Å²) in [7, 11) is 1.84. The maximum absolute atomic E-state index is 13.1. The summed E-state index contributed by atoms with van der Waals surface area (Å²) in [6.07, 6.45) is -3.01. The molecule has 0 aromatic heterocycles. The van der Waals surface area contributed by atoms with Crippen LogP contribution in [0.5, 0.6) is 0 Å². The SMILES string of the molecule is CC(C)N1CC(CN(C)Cc2ccccc2C(F)(F)F)CCC1=O. The van der Waals surface area contributed by atoms with Crippen LogP contribution in [0.2, 0.25) is 0 Å². The third kappa shape index (κ3) is 4.72. The summed E-state index contributed by atoms with van der Waals surface area (Å²) in [5, 5.41) is 0. The van der Waals surface area contributed by atoms with E-state index in [1.54, 1.807) is 6.07 Å². The minimum atomic E-state index is -4.33. The van der Waals surface area contributed by atoms with Gasteiger partial charge in [0.1, 0.15) is 0 Å². The van der Waals surface area contributed by atoms with E-state index in [4.69, 9.17) is 0 Å². The number of halogens is 3. The number of hydrogen-bond donors (Lipinski definition) is 0. The van der Waals surface area contributed by atoms with Crippen LogP contribution in [-0.4, -0.2) is 41.9 Å². The molecule has 24 heavy (non-hydrogen) atoms. The summed E-state index contributed by atoms with van der Waals surface area (Å²) in [6.45, 7) is 5.60. The van der Waals surface area contributed by atoms with Gasteiger partial charge in [0.25, 0.3) is 0 Å². The van der Waals surface area contributed by atoms with Crippen LogP contribution < -0.4 is 0 Å². The van der Waals surface area contributed by atoms with Crippen molar-refractivity contribution in [3.63, 3.8) is 0 Å². The predicted molar refractivity (Wildman–Crippen MR) is 87.4 cm³/mol. The van der Waals surface area contributed by atoms with Crippen LogP contribution in [0.1, 0.15) is 37.8 Å². The summed E-state index contributed by atoms with van der Waals surface area (Å²) in [6, 6.07) is 5.88. The minimum Gasteiger partial charge on any atom is -0.340 e. The third-order valence-electron chi connectivity index (χ3n) is 4.50. The van der Waals surface area contributed by atoms with E-state index in [0.717, 1.165) is 12.5 Å². The summed E-state index contributed by atoms with van der Waals surface area (Å²) >= 11 is 0. The Kier molecular flexibility index (Phi) is 5.91. The molecule has 134 valence electrons. The Balaban J connectivity index is 1.99. The first-order valence-corrected chi connectivity index (χ1v) is 8.31. The molecule has 1 atom stereocenters. The van der Waals surface area contributed by atoms with Gasteiger partial charge in [0.15, 0.2) is 0 Å². The molecule has 1 aliphatic rings.